The second-order valence-corrected chi connectivity index (χ2v) is 8.35. The second kappa shape index (κ2) is 7.41. The van der Waals surface area contributed by atoms with E-state index in [1.54, 1.807) is 6.92 Å². The predicted molar refractivity (Wildman–Crippen MR) is 101 cm³/mol. The van der Waals surface area contributed by atoms with Crippen LogP contribution in [0.1, 0.15) is 56.5 Å². The number of aromatic nitrogens is 2. The fourth-order valence-corrected chi connectivity index (χ4v) is 4.58. The number of nitrogens with zero attached hydrogens (tertiary/aromatic N) is 3. The number of nitrogens with one attached hydrogen (secondary N) is 1. The monoisotopic (exact) mass is 360 g/mol. The molecule has 2 fully saturated rings. The lowest BCUT2D eigenvalue weighted by Gasteiger charge is -2.47. The Balaban J connectivity index is 1.53. The van der Waals surface area contributed by atoms with E-state index < -0.39 is 0 Å². The fraction of sp³-hybridized carbons (Fsp3) is 0.750. The summed E-state index contributed by atoms with van der Waals surface area (Å²) in [4.78, 5) is 28.4. The van der Waals surface area contributed by atoms with Crippen LogP contribution in [-0.2, 0) is 16.0 Å². The number of hydrogen-bond donors (Lipinski definition) is 1. The molecule has 0 bridgehead atoms. The first kappa shape index (κ1) is 18.9. The molecule has 1 aromatic rings. The molecule has 0 radical (unpaired) electrons. The zero-order chi connectivity index (χ0) is 18.9. The summed E-state index contributed by atoms with van der Waals surface area (Å²) >= 11 is 0. The van der Waals surface area contributed by atoms with E-state index in [4.69, 9.17) is 0 Å². The molecule has 1 spiro atoms. The molecule has 6 nitrogen and oxygen atoms in total. The van der Waals surface area contributed by atoms with Crippen LogP contribution >= 0.6 is 0 Å². The fourth-order valence-electron chi connectivity index (χ4n) is 4.58. The number of likely N-dealkylation sites (tertiary alicyclic amines) is 2. The predicted octanol–water partition coefficient (Wildman–Crippen LogP) is 2.46. The Morgan fingerprint density at radius 3 is 2.08 bits per heavy atom. The van der Waals surface area contributed by atoms with Gasteiger partial charge in [0.1, 0.15) is 0 Å². The highest BCUT2D eigenvalue weighted by atomic mass is 16.2. The zero-order valence-electron chi connectivity index (χ0n) is 16.6. The molecule has 2 aliphatic rings. The van der Waals surface area contributed by atoms with Crippen molar-refractivity contribution in [2.24, 2.45) is 11.3 Å². The van der Waals surface area contributed by atoms with Crippen LogP contribution in [0.5, 0.6) is 0 Å². The third kappa shape index (κ3) is 3.79. The van der Waals surface area contributed by atoms with Gasteiger partial charge in [0.15, 0.2) is 0 Å². The average molecular weight is 361 g/mol. The number of amides is 2. The largest absolute Gasteiger partial charge is 0.343 e. The Hall–Kier alpha value is -1.85. The van der Waals surface area contributed by atoms with Crippen LogP contribution < -0.4 is 0 Å². The average Bonchev–Trinajstić information content (AvgIpc) is 2.94. The number of H-pyrrole nitrogens is 1. The molecule has 0 aliphatic carbocycles. The van der Waals surface area contributed by atoms with Crippen molar-refractivity contribution in [3.8, 4) is 0 Å². The van der Waals surface area contributed by atoms with Crippen LogP contribution in [0.15, 0.2) is 0 Å². The molecule has 144 valence electrons. The highest BCUT2D eigenvalue weighted by Crippen LogP contribution is 2.41. The molecule has 2 saturated heterocycles. The van der Waals surface area contributed by atoms with Crippen molar-refractivity contribution in [3.05, 3.63) is 17.0 Å². The van der Waals surface area contributed by atoms with Crippen molar-refractivity contribution in [3.63, 3.8) is 0 Å². The number of piperidine rings is 2. The van der Waals surface area contributed by atoms with E-state index in [1.165, 1.54) is 5.56 Å². The van der Waals surface area contributed by atoms with Gasteiger partial charge in [0.2, 0.25) is 11.8 Å². The topological polar surface area (TPSA) is 69.3 Å². The van der Waals surface area contributed by atoms with Crippen molar-refractivity contribution in [2.75, 3.05) is 26.2 Å². The maximum absolute atomic E-state index is 12.9. The Morgan fingerprint density at radius 1 is 1.08 bits per heavy atom. The normalized spacial score (nSPS) is 21.1. The van der Waals surface area contributed by atoms with Crippen molar-refractivity contribution >= 4 is 11.8 Å². The maximum atomic E-state index is 12.9. The molecule has 3 heterocycles. The summed E-state index contributed by atoms with van der Waals surface area (Å²) in [6.45, 7) is 11.2. The third-order valence-electron chi connectivity index (χ3n) is 6.62. The molecule has 1 aromatic heterocycles. The molecule has 0 aromatic carbocycles. The van der Waals surface area contributed by atoms with Crippen LogP contribution in [0.2, 0.25) is 0 Å². The van der Waals surface area contributed by atoms with E-state index >= 15 is 0 Å². The van der Waals surface area contributed by atoms with Crippen LogP contribution in [-0.4, -0.2) is 58.0 Å². The molecule has 3 rings (SSSR count). The van der Waals surface area contributed by atoms with Gasteiger partial charge in [-0.2, -0.15) is 5.10 Å². The van der Waals surface area contributed by atoms with Crippen molar-refractivity contribution in [1.82, 2.24) is 20.0 Å². The number of hydrogen-bond acceptors (Lipinski definition) is 3. The van der Waals surface area contributed by atoms with E-state index in [0.717, 1.165) is 69.7 Å². The highest BCUT2D eigenvalue weighted by Gasteiger charge is 2.39. The highest BCUT2D eigenvalue weighted by molar-refractivity contribution is 5.79. The Bertz CT molecular complexity index is 644. The minimum Gasteiger partial charge on any atom is -0.343 e. The van der Waals surface area contributed by atoms with Gasteiger partial charge in [0.05, 0.1) is 5.69 Å². The van der Waals surface area contributed by atoms with Crippen LogP contribution in [0, 0.1) is 25.2 Å². The number of carbonyl (C=O) groups is 2. The summed E-state index contributed by atoms with van der Waals surface area (Å²) in [5.41, 5.74) is 3.58. The van der Waals surface area contributed by atoms with Crippen LogP contribution in [0.4, 0.5) is 0 Å². The van der Waals surface area contributed by atoms with Crippen molar-refractivity contribution < 1.29 is 9.59 Å². The maximum Gasteiger partial charge on any atom is 0.225 e. The van der Waals surface area contributed by atoms with Gasteiger partial charge in [-0.25, -0.2) is 0 Å². The quantitative estimate of drug-likeness (QED) is 0.900. The minimum absolute atomic E-state index is 0.0152. The number of aryl methyl sites for hydroxylation is 2. The standard InChI is InChI=1S/C20H32N4O2/c1-14(13-18-15(2)21-22-16(18)3)19(26)24-11-7-20(8-12-24)5-9-23(10-6-20)17(4)25/h14H,5-13H2,1-4H3,(H,21,22). The molecule has 2 aliphatic heterocycles. The molecule has 0 saturated carbocycles. The van der Waals surface area contributed by atoms with Gasteiger partial charge in [-0.15, -0.1) is 0 Å². The lowest BCUT2D eigenvalue weighted by atomic mass is 9.71. The summed E-state index contributed by atoms with van der Waals surface area (Å²) < 4.78 is 0. The molecule has 6 heteroatoms. The molecule has 2 amide bonds. The van der Waals surface area contributed by atoms with E-state index in [9.17, 15) is 9.59 Å². The first-order valence-corrected chi connectivity index (χ1v) is 9.86. The summed E-state index contributed by atoms with van der Waals surface area (Å²) in [6, 6.07) is 0. The van der Waals surface area contributed by atoms with Gasteiger partial charge in [-0.3, -0.25) is 14.7 Å². The summed E-state index contributed by atoms with van der Waals surface area (Å²) in [5.74, 6) is 0.436. The van der Waals surface area contributed by atoms with Crippen molar-refractivity contribution in [2.45, 2.75) is 59.8 Å². The number of aromatic amines is 1. The minimum atomic E-state index is -0.0152. The number of rotatable bonds is 3. The third-order valence-corrected chi connectivity index (χ3v) is 6.62. The van der Waals surface area contributed by atoms with Crippen molar-refractivity contribution in [1.29, 1.82) is 0 Å². The first-order valence-electron chi connectivity index (χ1n) is 9.86. The van der Waals surface area contributed by atoms with E-state index in [-0.39, 0.29) is 17.7 Å². The lowest BCUT2D eigenvalue weighted by Crippen LogP contribution is -2.50. The van der Waals surface area contributed by atoms with Gasteiger partial charge in [0, 0.05) is 44.7 Å². The second-order valence-electron chi connectivity index (χ2n) is 8.35. The van der Waals surface area contributed by atoms with Gasteiger partial charge in [-0.05, 0) is 56.9 Å². The van der Waals surface area contributed by atoms with Gasteiger partial charge >= 0.3 is 0 Å². The molecular formula is C20H32N4O2. The van der Waals surface area contributed by atoms with Crippen LogP contribution in [0.25, 0.3) is 0 Å². The van der Waals surface area contributed by atoms with E-state index in [2.05, 4.69) is 15.1 Å². The van der Waals surface area contributed by atoms with E-state index in [0.29, 0.717) is 5.41 Å². The van der Waals surface area contributed by atoms with Gasteiger partial charge < -0.3 is 9.80 Å². The Kier molecular flexibility index (Phi) is 5.39. The molecule has 1 N–H and O–H groups in total. The van der Waals surface area contributed by atoms with Gasteiger partial charge in [0.25, 0.3) is 0 Å². The van der Waals surface area contributed by atoms with E-state index in [1.807, 2.05) is 25.7 Å². The van der Waals surface area contributed by atoms with Crippen LogP contribution in [0.3, 0.4) is 0 Å². The lowest BCUT2D eigenvalue weighted by molar-refractivity contribution is -0.138. The zero-order valence-corrected chi connectivity index (χ0v) is 16.6. The van der Waals surface area contributed by atoms with Gasteiger partial charge in [-0.1, -0.05) is 6.92 Å². The molecular weight excluding hydrogens is 328 g/mol. The molecule has 26 heavy (non-hydrogen) atoms. The molecule has 1 unspecified atom stereocenters. The number of carbonyl (C=O) groups excluding carboxylic acids is 2. The smallest absolute Gasteiger partial charge is 0.225 e. The summed E-state index contributed by atoms with van der Waals surface area (Å²) in [7, 11) is 0. The summed E-state index contributed by atoms with van der Waals surface area (Å²) in [6.07, 6.45) is 5.05. The Labute approximate surface area is 156 Å². The summed E-state index contributed by atoms with van der Waals surface area (Å²) in [5, 5.41) is 7.25. The SMILES string of the molecule is CC(=O)N1CCC2(CC1)CCN(C(=O)C(C)Cc1c(C)n[nH]c1C)CC2. The first-order chi connectivity index (χ1) is 12.3. The molecule has 1 atom stereocenters. The Morgan fingerprint density at radius 2 is 1.62 bits per heavy atom.